The molecule has 0 radical (unpaired) electrons. The number of ketones is 1. The lowest BCUT2D eigenvalue weighted by atomic mass is 10.0. The van der Waals surface area contributed by atoms with Crippen LogP contribution in [0, 0.1) is 9.39 Å². The van der Waals surface area contributed by atoms with Gasteiger partial charge in [0.2, 0.25) is 0 Å². The van der Waals surface area contributed by atoms with Crippen molar-refractivity contribution < 1.29 is 9.18 Å². The van der Waals surface area contributed by atoms with Crippen LogP contribution in [0.4, 0.5) is 4.39 Å². The molecule has 0 N–H and O–H groups in total. The van der Waals surface area contributed by atoms with Crippen molar-refractivity contribution in [1.82, 2.24) is 0 Å². The Balaban J connectivity index is 2.55. The molecule has 0 atom stereocenters. The SMILES string of the molecule is O=C(c1cc(Br)ccc1I)c1cccc(Br)c1F. The number of hydrogen-bond donors (Lipinski definition) is 0. The van der Waals surface area contributed by atoms with E-state index in [0.29, 0.717) is 10.0 Å². The fourth-order valence-corrected chi connectivity index (χ4v) is 2.80. The van der Waals surface area contributed by atoms with E-state index < -0.39 is 5.82 Å². The molecule has 18 heavy (non-hydrogen) atoms. The van der Waals surface area contributed by atoms with Gasteiger partial charge < -0.3 is 0 Å². The number of benzene rings is 2. The average molecular weight is 484 g/mol. The van der Waals surface area contributed by atoms with Crippen LogP contribution in [0.1, 0.15) is 15.9 Å². The molecule has 0 aliphatic heterocycles. The second kappa shape index (κ2) is 5.79. The number of carbonyl (C=O) groups excluding carboxylic acids is 1. The van der Waals surface area contributed by atoms with Crippen molar-refractivity contribution in [3.05, 3.63) is 65.9 Å². The van der Waals surface area contributed by atoms with E-state index in [1.807, 2.05) is 12.1 Å². The highest BCUT2D eigenvalue weighted by Crippen LogP contribution is 2.25. The van der Waals surface area contributed by atoms with Crippen LogP contribution in [-0.2, 0) is 0 Å². The third-order valence-electron chi connectivity index (χ3n) is 2.37. The maximum Gasteiger partial charge on any atom is 0.197 e. The first-order valence-electron chi connectivity index (χ1n) is 4.94. The summed E-state index contributed by atoms with van der Waals surface area (Å²) in [6.45, 7) is 0. The maximum absolute atomic E-state index is 13.9. The molecule has 5 heteroatoms. The molecule has 0 aliphatic rings. The van der Waals surface area contributed by atoms with Gasteiger partial charge in [-0.2, -0.15) is 0 Å². The largest absolute Gasteiger partial charge is 0.288 e. The van der Waals surface area contributed by atoms with Gasteiger partial charge in [-0.15, -0.1) is 0 Å². The van der Waals surface area contributed by atoms with Gasteiger partial charge in [0.25, 0.3) is 0 Å². The summed E-state index contributed by atoms with van der Waals surface area (Å²) >= 11 is 8.46. The standard InChI is InChI=1S/C13H6Br2FIO/c14-7-4-5-11(17)9(6-7)13(18)8-2-1-3-10(15)12(8)16/h1-6H. The van der Waals surface area contributed by atoms with Gasteiger partial charge in [-0.25, -0.2) is 4.39 Å². The molecule has 0 saturated carbocycles. The zero-order valence-electron chi connectivity index (χ0n) is 8.88. The number of halogens is 4. The minimum Gasteiger partial charge on any atom is -0.288 e. The molecule has 0 aromatic heterocycles. The van der Waals surface area contributed by atoms with E-state index in [1.54, 1.807) is 18.2 Å². The molecule has 0 fully saturated rings. The van der Waals surface area contributed by atoms with E-state index in [4.69, 9.17) is 0 Å². The Kier molecular flexibility index (Phi) is 4.55. The summed E-state index contributed by atoms with van der Waals surface area (Å²) in [6.07, 6.45) is 0. The molecule has 0 amide bonds. The van der Waals surface area contributed by atoms with Crippen molar-refractivity contribution in [2.75, 3.05) is 0 Å². The van der Waals surface area contributed by atoms with Gasteiger partial charge >= 0.3 is 0 Å². The average Bonchev–Trinajstić information content (AvgIpc) is 2.35. The van der Waals surface area contributed by atoms with Gasteiger partial charge in [0.15, 0.2) is 5.78 Å². The topological polar surface area (TPSA) is 17.1 Å². The van der Waals surface area contributed by atoms with Gasteiger partial charge in [0, 0.05) is 13.6 Å². The van der Waals surface area contributed by atoms with Crippen molar-refractivity contribution in [2.45, 2.75) is 0 Å². The second-order valence-electron chi connectivity index (χ2n) is 3.55. The molecule has 2 aromatic rings. The minimum atomic E-state index is -0.529. The van der Waals surface area contributed by atoms with Crippen LogP contribution in [0.3, 0.4) is 0 Å². The highest BCUT2D eigenvalue weighted by molar-refractivity contribution is 14.1. The summed E-state index contributed by atoms with van der Waals surface area (Å²) in [4.78, 5) is 12.3. The van der Waals surface area contributed by atoms with Crippen LogP contribution in [0.5, 0.6) is 0 Å². The minimum absolute atomic E-state index is 0.0698. The lowest BCUT2D eigenvalue weighted by Crippen LogP contribution is -2.06. The third kappa shape index (κ3) is 2.83. The summed E-state index contributed by atoms with van der Waals surface area (Å²) in [5.74, 6) is -0.849. The van der Waals surface area contributed by atoms with Crippen molar-refractivity contribution in [3.63, 3.8) is 0 Å². The van der Waals surface area contributed by atoms with E-state index in [2.05, 4.69) is 54.5 Å². The Morgan fingerprint density at radius 3 is 2.56 bits per heavy atom. The van der Waals surface area contributed by atoms with E-state index in [1.165, 1.54) is 6.07 Å². The normalized spacial score (nSPS) is 10.4. The lowest BCUT2D eigenvalue weighted by molar-refractivity contribution is 0.103. The van der Waals surface area contributed by atoms with Gasteiger partial charge in [-0.3, -0.25) is 4.79 Å². The van der Waals surface area contributed by atoms with Crippen LogP contribution in [-0.4, -0.2) is 5.78 Å². The molecule has 0 bridgehead atoms. The Morgan fingerprint density at radius 1 is 1.11 bits per heavy atom. The van der Waals surface area contributed by atoms with Crippen LogP contribution in [0.2, 0.25) is 0 Å². The number of hydrogen-bond acceptors (Lipinski definition) is 1. The first kappa shape index (κ1) is 14.1. The van der Waals surface area contributed by atoms with Gasteiger partial charge in [-0.05, 0) is 68.9 Å². The summed E-state index contributed by atoms with van der Waals surface area (Å²) < 4.78 is 15.8. The summed E-state index contributed by atoms with van der Waals surface area (Å²) in [5, 5.41) is 0. The van der Waals surface area contributed by atoms with Crippen molar-refractivity contribution in [1.29, 1.82) is 0 Å². The van der Waals surface area contributed by atoms with Crippen LogP contribution in [0.25, 0.3) is 0 Å². The van der Waals surface area contributed by atoms with E-state index in [0.717, 1.165) is 8.04 Å². The second-order valence-corrected chi connectivity index (χ2v) is 6.49. The monoisotopic (exact) mass is 482 g/mol. The van der Waals surface area contributed by atoms with Crippen molar-refractivity contribution in [2.24, 2.45) is 0 Å². The van der Waals surface area contributed by atoms with E-state index in [9.17, 15) is 9.18 Å². The Hall–Kier alpha value is -0.270. The molecule has 0 heterocycles. The molecular formula is C13H6Br2FIO. The fourth-order valence-electron chi connectivity index (χ4n) is 1.50. The number of carbonyl (C=O) groups is 1. The summed E-state index contributed by atoms with van der Waals surface area (Å²) in [5.41, 5.74) is 0.558. The first-order chi connectivity index (χ1) is 8.50. The molecule has 2 aromatic carbocycles. The number of rotatable bonds is 2. The Bertz CT molecular complexity index is 624. The Labute approximate surface area is 134 Å². The predicted octanol–water partition coefficient (Wildman–Crippen LogP) is 5.19. The molecule has 92 valence electrons. The van der Waals surface area contributed by atoms with Crippen LogP contribution < -0.4 is 0 Å². The van der Waals surface area contributed by atoms with Gasteiger partial charge in [0.05, 0.1) is 10.0 Å². The zero-order valence-corrected chi connectivity index (χ0v) is 14.2. The molecule has 0 unspecified atom stereocenters. The first-order valence-corrected chi connectivity index (χ1v) is 7.61. The predicted molar refractivity (Wildman–Crippen MR) is 84.4 cm³/mol. The van der Waals surface area contributed by atoms with Gasteiger partial charge in [0.1, 0.15) is 5.82 Å². The molecule has 1 nitrogen and oxygen atoms in total. The lowest BCUT2D eigenvalue weighted by Gasteiger charge is -2.06. The fraction of sp³-hybridized carbons (Fsp3) is 0. The molecule has 0 saturated heterocycles. The highest BCUT2D eigenvalue weighted by Gasteiger charge is 2.18. The third-order valence-corrected chi connectivity index (χ3v) is 4.42. The smallest absolute Gasteiger partial charge is 0.197 e. The van der Waals surface area contributed by atoms with Crippen molar-refractivity contribution >= 4 is 60.2 Å². The summed E-state index contributed by atoms with van der Waals surface area (Å²) in [6, 6.07) is 10.1. The summed E-state index contributed by atoms with van der Waals surface area (Å²) in [7, 11) is 0. The van der Waals surface area contributed by atoms with Crippen molar-refractivity contribution in [3.8, 4) is 0 Å². The van der Waals surface area contributed by atoms with E-state index >= 15 is 0 Å². The van der Waals surface area contributed by atoms with Gasteiger partial charge in [-0.1, -0.05) is 22.0 Å². The maximum atomic E-state index is 13.9. The molecule has 2 rings (SSSR count). The molecule has 0 spiro atoms. The molecular weight excluding hydrogens is 478 g/mol. The highest BCUT2D eigenvalue weighted by atomic mass is 127. The molecule has 0 aliphatic carbocycles. The van der Waals surface area contributed by atoms with E-state index in [-0.39, 0.29) is 11.3 Å². The van der Waals surface area contributed by atoms with Crippen LogP contribution in [0.15, 0.2) is 45.3 Å². The Morgan fingerprint density at radius 2 is 1.83 bits per heavy atom. The van der Waals surface area contributed by atoms with Crippen LogP contribution >= 0.6 is 54.5 Å². The quantitative estimate of drug-likeness (QED) is 0.424. The zero-order chi connectivity index (χ0) is 13.3.